The summed E-state index contributed by atoms with van der Waals surface area (Å²) < 4.78 is 27.8. The van der Waals surface area contributed by atoms with E-state index >= 15 is 0 Å². The second-order valence-electron chi connectivity index (χ2n) is 6.32. The third kappa shape index (κ3) is 3.60. The third-order valence-electron chi connectivity index (χ3n) is 4.38. The summed E-state index contributed by atoms with van der Waals surface area (Å²) in [5.41, 5.74) is 2.05. The van der Waals surface area contributed by atoms with E-state index in [9.17, 15) is 13.2 Å². The third-order valence-corrected chi connectivity index (χ3v) is 6.60. The zero-order valence-electron chi connectivity index (χ0n) is 15.0. The van der Waals surface area contributed by atoms with Gasteiger partial charge in [-0.2, -0.15) is 0 Å². The highest BCUT2D eigenvalue weighted by Gasteiger charge is 2.26. The van der Waals surface area contributed by atoms with Crippen LogP contribution in [0.2, 0.25) is 0 Å². The first-order valence-corrected chi connectivity index (χ1v) is 10.9. The Balaban J connectivity index is 1.64. The van der Waals surface area contributed by atoms with Gasteiger partial charge in [0.05, 0.1) is 10.5 Å². The summed E-state index contributed by atoms with van der Waals surface area (Å²) in [7, 11) is -3.78. The largest absolute Gasteiger partial charge is 0.308 e. The number of hydrogen-bond acceptors (Lipinski definition) is 7. The van der Waals surface area contributed by atoms with Gasteiger partial charge in [-0.3, -0.25) is 14.5 Å². The maximum Gasteiger partial charge on any atom is 0.263 e. The molecule has 3 aromatic rings. The van der Waals surface area contributed by atoms with E-state index in [2.05, 4.69) is 19.9 Å². The molecule has 3 heterocycles. The SMILES string of the molecule is Cc1nnc(NS(=O)(=O)c2ccc3c(c2)CCCN3C(=O)c2cccnc2)s1. The van der Waals surface area contributed by atoms with Crippen molar-refractivity contribution in [3.8, 4) is 0 Å². The van der Waals surface area contributed by atoms with Crippen molar-refractivity contribution in [2.24, 2.45) is 0 Å². The van der Waals surface area contributed by atoms with Gasteiger partial charge < -0.3 is 4.90 Å². The fraction of sp³-hybridized carbons (Fsp3) is 0.222. The lowest BCUT2D eigenvalue weighted by atomic mass is 10.0. The molecule has 1 aliphatic rings. The molecular weight excluding hydrogens is 398 g/mol. The molecule has 8 nitrogen and oxygen atoms in total. The molecule has 1 N–H and O–H groups in total. The van der Waals surface area contributed by atoms with Crippen LogP contribution in [0.3, 0.4) is 0 Å². The average Bonchev–Trinajstić information content (AvgIpc) is 3.11. The normalized spacial score (nSPS) is 13.8. The number of hydrogen-bond donors (Lipinski definition) is 1. The van der Waals surface area contributed by atoms with Crippen LogP contribution in [0.25, 0.3) is 0 Å². The van der Waals surface area contributed by atoms with Gasteiger partial charge in [-0.15, -0.1) is 10.2 Å². The Morgan fingerprint density at radius 2 is 2.11 bits per heavy atom. The number of carbonyl (C=O) groups excluding carboxylic acids is 1. The minimum absolute atomic E-state index is 0.134. The number of benzene rings is 1. The van der Waals surface area contributed by atoms with Crippen LogP contribution in [-0.4, -0.2) is 36.1 Å². The average molecular weight is 416 g/mol. The van der Waals surface area contributed by atoms with Crippen LogP contribution in [0.5, 0.6) is 0 Å². The Kier molecular flexibility index (Phi) is 4.82. The highest BCUT2D eigenvalue weighted by atomic mass is 32.2. The van der Waals surface area contributed by atoms with Crippen molar-refractivity contribution in [1.82, 2.24) is 15.2 Å². The number of aryl methyl sites for hydroxylation is 2. The Labute approximate surface area is 166 Å². The highest BCUT2D eigenvalue weighted by Crippen LogP contribution is 2.31. The van der Waals surface area contributed by atoms with Crippen LogP contribution in [0.1, 0.15) is 27.3 Å². The zero-order chi connectivity index (χ0) is 19.7. The van der Waals surface area contributed by atoms with Crippen molar-refractivity contribution < 1.29 is 13.2 Å². The van der Waals surface area contributed by atoms with Gasteiger partial charge in [0.25, 0.3) is 15.9 Å². The number of aromatic nitrogens is 3. The fourth-order valence-corrected chi connectivity index (χ4v) is 4.98. The van der Waals surface area contributed by atoms with Gasteiger partial charge >= 0.3 is 0 Å². The lowest BCUT2D eigenvalue weighted by Gasteiger charge is -2.29. The first kappa shape index (κ1) is 18.5. The van der Waals surface area contributed by atoms with E-state index in [4.69, 9.17) is 0 Å². The summed E-state index contributed by atoms with van der Waals surface area (Å²) in [4.78, 5) is 18.6. The summed E-state index contributed by atoms with van der Waals surface area (Å²) >= 11 is 1.17. The molecule has 0 aliphatic carbocycles. The molecule has 0 unspecified atom stereocenters. The summed E-state index contributed by atoms with van der Waals surface area (Å²) in [5, 5.41) is 8.52. The quantitative estimate of drug-likeness (QED) is 0.702. The topological polar surface area (TPSA) is 105 Å². The lowest BCUT2D eigenvalue weighted by Crippen LogP contribution is -2.35. The summed E-state index contributed by atoms with van der Waals surface area (Å²) in [6.07, 6.45) is 4.60. The maximum absolute atomic E-state index is 12.8. The molecule has 10 heteroatoms. The molecule has 4 rings (SSSR count). The molecule has 0 bridgehead atoms. The molecule has 0 saturated carbocycles. The molecule has 0 spiro atoms. The molecular formula is C18H17N5O3S2. The second kappa shape index (κ2) is 7.28. The predicted molar refractivity (Wildman–Crippen MR) is 106 cm³/mol. The molecule has 1 aromatic carbocycles. The van der Waals surface area contributed by atoms with Gasteiger partial charge in [-0.05, 0) is 55.7 Å². The monoisotopic (exact) mass is 415 g/mol. The summed E-state index contributed by atoms with van der Waals surface area (Å²) in [5.74, 6) is -0.146. The first-order chi connectivity index (χ1) is 13.4. The van der Waals surface area contributed by atoms with Crippen LogP contribution in [0.15, 0.2) is 47.6 Å². The molecule has 1 aliphatic heterocycles. The van der Waals surface area contributed by atoms with E-state index < -0.39 is 10.0 Å². The second-order valence-corrected chi connectivity index (χ2v) is 9.19. The van der Waals surface area contributed by atoms with Crippen molar-refractivity contribution >= 4 is 38.1 Å². The molecule has 0 fully saturated rings. The van der Waals surface area contributed by atoms with Gasteiger partial charge in [0.1, 0.15) is 5.01 Å². The molecule has 0 atom stereocenters. The van der Waals surface area contributed by atoms with E-state index in [1.165, 1.54) is 23.6 Å². The number of nitrogens with zero attached hydrogens (tertiary/aromatic N) is 4. The Morgan fingerprint density at radius 3 is 2.82 bits per heavy atom. The minimum Gasteiger partial charge on any atom is -0.308 e. The van der Waals surface area contributed by atoms with Gasteiger partial charge in [0, 0.05) is 24.6 Å². The van der Waals surface area contributed by atoms with Gasteiger partial charge in [-0.1, -0.05) is 11.3 Å². The van der Waals surface area contributed by atoms with Gasteiger partial charge in [-0.25, -0.2) is 8.42 Å². The van der Waals surface area contributed by atoms with Gasteiger partial charge in [0.15, 0.2) is 0 Å². The molecule has 28 heavy (non-hydrogen) atoms. The smallest absolute Gasteiger partial charge is 0.263 e. The van der Waals surface area contributed by atoms with E-state index in [1.54, 1.807) is 42.3 Å². The Hall–Kier alpha value is -2.85. The minimum atomic E-state index is -3.78. The molecule has 2 aromatic heterocycles. The standard InChI is InChI=1S/C18H17N5O3S2/c1-12-20-21-18(27-12)22-28(25,26)15-6-7-16-13(10-15)5-3-9-23(16)17(24)14-4-2-8-19-11-14/h2,4,6-8,10-11H,3,5,9H2,1H3,(H,21,22). The van der Waals surface area contributed by atoms with Crippen molar-refractivity contribution in [2.75, 3.05) is 16.2 Å². The van der Waals surface area contributed by atoms with Crippen LogP contribution in [0.4, 0.5) is 10.8 Å². The zero-order valence-corrected chi connectivity index (χ0v) is 16.6. The first-order valence-electron chi connectivity index (χ1n) is 8.62. The number of amides is 1. The maximum atomic E-state index is 12.8. The summed E-state index contributed by atoms with van der Waals surface area (Å²) in [6, 6.07) is 8.24. The number of carbonyl (C=O) groups is 1. The molecule has 144 valence electrons. The van der Waals surface area contributed by atoms with E-state index in [-0.39, 0.29) is 15.9 Å². The van der Waals surface area contributed by atoms with E-state index in [0.29, 0.717) is 23.5 Å². The van der Waals surface area contributed by atoms with Crippen LogP contribution < -0.4 is 9.62 Å². The number of pyridine rings is 1. The molecule has 1 amide bonds. The predicted octanol–water partition coefficient (Wildman–Crippen LogP) is 2.64. The van der Waals surface area contributed by atoms with Crippen LogP contribution >= 0.6 is 11.3 Å². The lowest BCUT2D eigenvalue weighted by molar-refractivity contribution is 0.0984. The number of sulfonamides is 1. The number of nitrogens with one attached hydrogen (secondary N) is 1. The Morgan fingerprint density at radius 1 is 1.25 bits per heavy atom. The molecule has 0 saturated heterocycles. The number of rotatable bonds is 4. The molecule has 0 radical (unpaired) electrons. The van der Waals surface area contributed by atoms with Crippen molar-refractivity contribution in [3.05, 3.63) is 58.9 Å². The van der Waals surface area contributed by atoms with Crippen LogP contribution in [-0.2, 0) is 16.4 Å². The summed E-state index contributed by atoms with van der Waals surface area (Å²) in [6.45, 7) is 2.33. The van der Waals surface area contributed by atoms with Crippen LogP contribution in [0, 0.1) is 6.92 Å². The van der Waals surface area contributed by atoms with Gasteiger partial charge in [0.2, 0.25) is 5.13 Å². The number of fused-ring (bicyclic) bond motifs is 1. The Bertz CT molecular complexity index is 1130. The highest BCUT2D eigenvalue weighted by molar-refractivity contribution is 7.93. The number of anilines is 2. The van der Waals surface area contributed by atoms with Crippen molar-refractivity contribution in [3.63, 3.8) is 0 Å². The van der Waals surface area contributed by atoms with Crippen molar-refractivity contribution in [1.29, 1.82) is 0 Å². The van der Waals surface area contributed by atoms with E-state index in [0.717, 1.165) is 17.7 Å². The van der Waals surface area contributed by atoms with Crippen molar-refractivity contribution in [2.45, 2.75) is 24.7 Å². The van der Waals surface area contributed by atoms with E-state index in [1.807, 2.05) is 0 Å². The fourth-order valence-electron chi connectivity index (χ4n) is 3.11.